The Hall–Kier alpha value is -4.77. The molecule has 0 spiro atoms. The van der Waals surface area contributed by atoms with Crippen molar-refractivity contribution in [2.45, 2.75) is 32.1 Å². The molecule has 216 valence electrons. The van der Waals surface area contributed by atoms with Gasteiger partial charge in [-0.1, -0.05) is 36.4 Å². The van der Waals surface area contributed by atoms with Crippen LogP contribution in [0.4, 0.5) is 11.4 Å². The molecule has 2 N–H and O–H groups in total. The van der Waals surface area contributed by atoms with Crippen LogP contribution in [0.3, 0.4) is 0 Å². The Labute approximate surface area is 246 Å². The Morgan fingerprint density at radius 1 is 1.05 bits per heavy atom. The zero-order valence-electron chi connectivity index (χ0n) is 23.0. The first-order valence-electron chi connectivity index (χ1n) is 13.5. The number of carbonyl (C=O) groups is 3. The molecular weight excluding hydrogens is 558 g/mol. The van der Waals surface area contributed by atoms with E-state index < -0.39 is 40.4 Å². The summed E-state index contributed by atoms with van der Waals surface area (Å²) < 4.78 is 10.8. The molecule has 2 heterocycles. The third-order valence-corrected chi connectivity index (χ3v) is 8.42. The largest absolute Gasteiger partial charge is 0.465 e. The van der Waals surface area contributed by atoms with E-state index in [1.807, 2.05) is 35.7 Å². The number of anilines is 1. The number of ketones is 1. The molecule has 0 bridgehead atoms. The van der Waals surface area contributed by atoms with Gasteiger partial charge in [-0.25, -0.2) is 4.79 Å². The monoisotopic (exact) mass is 587 g/mol. The molecule has 1 aliphatic heterocycles. The van der Waals surface area contributed by atoms with Gasteiger partial charge in [-0.15, -0.1) is 11.3 Å². The molecule has 2 aromatic carbocycles. The SMILES string of the molecule is CCOC(=O)C1=C(N)N(c2ccccc2)C2=C(C(=O)[C@H](C(=O)OCC)[C@@H](c3cccs3)C2)[C@@H]1c1cccc([N+](=O)[O-])c1. The fourth-order valence-corrected chi connectivity index (χ4v) is 6.60. The highest BCUT2D eigenvalue weighted by atomic mass is 32.1. The van der Waals surface area contributed by atoms with Gasteiger partial charge >= 0.3 is 11.9 Å². The van der Waals surface area contributed by atoms with E-state index in [1.54, 1.807) is 36.9 Å². The summed E-state index contributed by atoms with van der Waals surface area (Å²) >= 11 is 1.43. The van der Waals surface area contributed by atoms with Crippen LogP contribution in [0, 0.1) is 16.0 Å². The summed E-state index contributed by atoms with van der Waals surface area (Å²) in [7, 11) is 0. The lowest BCUT2D eigenvalue weighted by Crippen LogP contribution is -2.46. The third-order valence-electron chi connectivity index (χ3n) is 7.41. The number of rotatable bonds is 8. The zero-order valence-corrected chi connectivity index (χ0v) is 23.8. The molecule has 0 radical (unpaired) electrons. The summed E-state index contributed by atoms with van der Waals surface area (Å²) in [4.78, 5) is 55.3. The molecule has 11 heteroatoms. The first-order chi connectivity index (χ1) is 20.3. The fraction of sp³-hybridized carbons (Fsp3) is 0.258. The van der Waals surface area contributed by atoms with Crippen LogP contribution in [0.5, 0.6) is 0 Å². The number of hydrogen-bond acceptors (Lipinski definition) is 10. The molecular formula is C31H29N3O7S. The predicted octanol–water partition coefficient (Wildman–Crippen LogP) is 5.18. The van der Waals surface area contributed by atoms with Gasteiger partial charge in [0, 0.05) is 39.9 Å². The number of esters is 2. The molecule has 0 saturated carbocycles. The quantitative estimate of drug-likeness (QED) is 0.163. The van der Waals surface area contributed by atoms with Crippen molar-refractivity contribution in [1.29, 1.82) is 0 Å². The van der Waals surface area contributed by atoms with Crippen LogP contribution in [0.15, 0.2) is 94.8 Å². The van der Waals surface area contributed by atoms with Gasteiger partial charge in [0.15, 0.2) is 5.78 Å². The van der Waals surface area contributed by atoms with E-state index in [-0.39, 0.29) is 42.3 Å². The van der Waals surface area contributed by atoms with E-state index in [4.69, 9.17) is 15.2 Å². The van der Waals surface area contributed by atoms with Crippen LogP contribution in [-0.2, 0) is 23.9 Å². The maximum atomic E-state index is 14.7. The highest BCUT2D eigenvalue weighted by Gasteiger charge is 2.51. The zero-order chi connectivity index (χ0) is 30.0. The van der Waals surface area contributed by atoms with Gasteiger partial charge in [-0.3, -0.25) is 24.6 Å². The van der Waals surface area contributed by atoms with Crippen LogP contribution >= 0.6 is 11.3 Å². The minimum atomic E-state index is -1.19. The minimum absolute atomic E-state index is 0.0361. The number of para-hydroxylation sites is 1. The third kappa shape index (κ3) is 5.07. The lowest BCUT2D eigenvalue weighted by molar-refractivity contribution is -0.384. The molecule has 0 amide bonds. The maximum absolute atomic E-state index is 14.7. The number of thiophene rings is 1. The van der Waals surface area contributed by atoms with Gasteiger partial charge in [0.05, 0.1) is 29.6 Å². The minimum Gasteiger partial charge on any atom is -0.465 e. The summed E-state index contributed by atoms with van der Waals surface area (Å²) in [6.07, 6.45) is 0.224. The fourth-order valence-electron chi connectivity index (χ4n) is 5.73. The van der Waals surface area contributed by atoms with Crippen molar-refractivity contribution in [2.24, 2.45) is 11.7 Å². The topological polar surface area (TPSA) is 142 Å². The molecule has 3 atom stereocenters. The Bertz CT molecular complexity index is 1600. The van der Waals surface area contributed by atoms with Crippen molar-refractivity contribution < 1.29 is 28.8 Å². The number of hydrogen-bond donors (Lipinski definition) is 1. The number of ether oxygens (including phenoxy) is 2. The van der Waals surface area contributed by atoms with Crippen LogP contribution in [0.1, 0.15) is 42.5 Å². The Balaban J connectivity index is 1.82. The number of nitro benzene ring substituents is 1. The molecule has 5 rings (SSSR count). The average molecular weight is 588 g/mol. The second-order valence-electron chi connectivity index (χ2n) is 9.76. The first kappa shape index (κ1) is 28.7. The van der Waals surface area contributed by atoms with Crippen LogP contribution in [0.2, 0.25) is 0 Å². The van der Waals surface area contributed by atoms with E-state index >= 15 is 0 Å². The van der Waals surface area contributed by atoms with Gasteiger partial charge in [0.1, 0.15) is 11.7 Å². The van der Waals surface area contributed by atoms with E-state index in [0.29, 0.717) is 16.9 Å². The second kappa shape index (κ2) is 12.0. The van der Waals surface area contributed by atoms with Crippen LogP contribution in [-0.4, -0.2) is 35.9 Å². The lowest BCUT2D eigenvalue weighted by Gasteiger charge is -2.43. The summed E-state index contributed by atoms with van der Waals surface area (Å²) in [6.45, 7) is 3.43. The molecule has 3 aromatic rings. The number of benzene rings is 2. The van der Waals surface area contributed by atoms with Crippen molar-refractivity contribution >= 4 is 40.4 Å². The molecule has 0 saturated heterocycles. The standard InChI is InChI=1S/C31H29N3O7S/c1-3-40-30(36)25-21(23-14-9-15-42-23)17-22-26(28(25)35)24(18-10-8-13-20(16-18)34(38)39)27(31(37)41-4-2)29(32)33(22)19-11-6-5-7-12-19/h5-16,21,24-25H,3-4,17,32H2,1-2H3/t21-,24+,25-/m1/s1. The molecule has 2 aliphatic rings. The molecule has 0 unspecified atom stereocenters. The smallest absolute Gasteiger partial charge is 0.338 e. The lowest BCUT2D eigenvalue weighted by atomic mass is 9.68. The molecule has 42 heavy (non-hydrogen) atoms. The average Bonchev–Trinajstić information content (AvgIpc) is 3.52. The molecule has 1 aliphatic carbocycles. The van der Waals surface area contributed by atoms with Gasteiger partial charge in [-0.2, -0.15) is 0 Å². The van der Waals surface area contributed by atoms with E-state index in [0.717, 1.165) is 4.88 Å². The number of carbonyl (C=O) groups excluding carboxylic acids is 3. The van der Waals surface area contributed by atoms with Crippen molar-refractivity contribution in [3.63, 3.8) is 0 Å². The van der Waals surface area contributed by atoms with Gasteiger partial charge in [0.2, 0.25) is 0 Å². The van der Waals surface area contributed by atoms with Gasteiger partial charge < -0.3 is 15.2 Å². The summed E-state index contributed by atoms with van der Waals surface area (Å²) in [6, 6.07) is 18.5. The summed E-state index contributed by atoms with van der Waals surface area (Å²) in [5, 5.41) is 13.6. The van der Waals surface area contributed by atoms with Gasteiger partial charge in [-0.05, 0) is 49.4 Å². The maximum Gasteiger partial charge on any atom is 0.338 e. The Kier molecular flexibility index (Phi) is 8.21. The van der Waals surface area contributed by atoms with Crippen molar-refractivity contribution in [1.82, 2.24) is 0 Å². The number of nitrogens with two attached hydrogens (primary N) is 1. The molecule has 1 aromatic heterocycles. The highest BCUT2D eigenvalue weighted by Crippen LogP contribution is 2.52. The number of Topliss-reactive ketones (excluding diaryl/α,β-unsaturated/α-hetero) is 1. The highest BCUT2D eigenvalue weighted by molar-refractivity contribution is 7.10. The summed E-state index contributed by atoms with van der Waals surface area (Å²) in [5.74, 6) is -4.78. The van der Waals surface area contributed by atoms with Crippen LogP contribution < -0.4 is 10.6 Å². The first-order valence-corrected chi connectivity index (χ1v) is 14.4. The number of nitrogens with zero attached hydrogens (tertiary/aromatic N) is 2. The number of nitro groups is 1. The van der Waals surface area contributed by atoms with Crippen LogP contribution in [0.25, 0.3) is 0 Å². The number of allylic oxidation sites excluding steroid dienone is 2. The number of non-ortho nitro benzene ring substituents is 1. The summed E-state index contributed by atoms with van der Waals surface area (Å²) in [5.41, 5.74) is 8.13. The Morgan fingerprint density at radius 3 is 2.43 bits per heavy atom. The van der Waals surface area contributed by atoms with E-state index in [9.17, 15) is 24.5 Å². The predicted molar refractivity (Wildman–Crippen MR) is 156 cm³/mol. The molecule has 10 nitrogen and oxygen atoms in total. The second-order valence-corrected chi connectivity index (χ2v) is 10.7. The van der Waals surface area contributed by atoms with Crippen molar-refractivity contribution in [2.75, 3.05) is 18.1 Å². The van der Waals surface area contributed by atoms with E-state index in [2.05, 4.69) is 0 Å². The van der Waals surface area contributed by atoms with Crippen molar-refractivity contribution in [3.05, 3.63) is 115 Å². The van der Waals surface area contributed by atoms with Crippen molar-refractivity contribution in [3.8, 4) is 0 Å². The Morgan fingerprint density at radius 2 is 1.79 bits per heavy atom. The van der Waals surface area contributed by atoms with Gasteiger partial charge in [0.25, 0.3) is 5.69 Å². The van der Waals surface area contributed by atoms with E-state index in [1.165, 1.54) is 29.5 Å². The molecule has 0 fully saturated rings. The normalized spacial score (nSPS) is 20.3.